The minimum absolute atomic E-state index is 0.0135. The summed E-state index contributed by atoms with van der Waals surface area (Å²) in [4.78, 5) is 28.4. The third-order valence-corrected chi connectivity index (χ3v) is 4.57. The van der Waals surface area contributed by atoms with Gasteiger partial charge in [0.2, 0.25) is 0 Å². The first-order valence-electron chi connectivity index (χ1n) is 8.81. The van der Waals surface area contributed by atoms with Crippen molar-refractivity contribution in [3.63, 3.8) is 0 Å². The smallest absolute Gasteiger partial charge is 0.317 e. The number of piperazine rings is 1. The number of imidazole rings is 1. The molecule has 0 bridgehead atoms. The van der Waals surface area contributed by atoms with Crippen LogP contribution in [0.5, 0.6) is 0 Å². The zero-order valence-corrected chi connectivity index (χ0v) is 14.5. The van der Waals surface area contributed by atoms with Crippen molar-refractivity contribution in [3.8, 4) is 0 Å². The molecular formula is C17H22N8O. The number of nitrogens with one attached hydrogen (secondary N) is 3. The fraction of sp³-hybridized carbons (Fsp3) is 0.412. The Kier molecular flexibility index (Phi) is 4.78. The largest absolute Gasteiger partial charge is 0.342 e. The number of aromatic nitrogens is 5. The van der Waals surface area contributed by atoms with Crippen LogP contribution in [0.25, 0.3) is 11.0 Å². The summed E-state index contributed by atoms with van der Waals surface area (Å²) in [5.74, 6) is 1.75. The van der Waals surface area contributed by atoms with Gasteiger partial charge in [-0.2, -0.15) is 5.10 Å². The third-order valence-electron chi connectivity index (χ3n) is 4.57. The normalized spacial score (nSPS) is 15.5. The van der Waals surface area contributed by atoms with Gasteiger partial charge in [-0.15, -0.1) is 0 Å². The van der Waals surface area contributed by atoms with Crippen LogP contribution in [-0.4, -0.2) is 73.7 Å². The molecule has 0 radical (unpaired) electrons. The maximum Gasteiger partial charge on any atom is 0.317 e. The second-order valence-corrected chi connectivity index (χ2v) is 6.38. The topological polar surface area (TPSA) is 106 Å². The molecule has 136 valence electrons. The van der Waals surface area contributed by atoms with Gasteiger partial charge in [0.1, 0.15) is 18.0 Å². The average Bonchev–Trinajstić information content (AvgIpc) is 3.31. The first-order chi connectivity index (χ1) is 12.8. The molecular weight excluding hydrogens is 332 g/mol. The lowest BCUT2D eigenvalue weighted by Crippen LogP contribution is -2.51. The highest BCUT2D eigenvalue weighted by Gasteiger charge is 2.21. The Morgan fingerprint density at radius 3 is 2.77 bits per heavy atom. The van der Waals surface area contributed by atoms with E-state index >= 15 is 0 Å². The van der Waals surface area contributed by atoms with E-state index < -0.39 is 0 Å². The molecule has 3 heterocycles. The van der Waals surface area contributed by atoms with Crippen LogP contribution in [0.2, 0.25) is 0 Å². The van der Waals surface area contributed by atoms with E-state index in [1.165, 1.54) is 6.33 Å². The van der Waals surface area contributed by atoms with Crippen LogP contribution in [0.4, 0.5) is 4.79 Å². The number of nitrogens with zero attached hydrogens (tertiary/aromatic N) is 5. The molecule has 1 fully saturated rings. The van der Waals surface area contributed by atoms with Crippen molar-refractivity contribution in [2.45, 2.75) is 13.0 Å². The number of aromatic amines is 2. The molecule has 2 aromatic heterocycles. The summed E-state index contributed by atoms with van der Waals surface area (Å²) < 4.78 is 0. The van der Waals surface area contributed by atoms with Gasteiger partial charge in [-0.05, 0) is 12.1 Å². The van der Waals surface area contributed by atoms with E-state index in [1.54, 1.807) is 0 Å². The summed E-state index contributed by atoms with van der Waals surface area (Å²) in [5, 5.41) is 9.71. The van der Waals surface area contributed by atoms with Crippen LogP contribution < -0.4 is 5.32 Å². The maximum absolute atomic E-state index is 12.3. The molecule has 9 heteroatoms. The highest BCUT2D eigenvalue weighted by molar-refractivity contribution is 5.75. The molecule has 0 aliphatic carbocycles. The van der Waals surface area contributed by atoms with Crippen LogP contribution >= 0.6 is 0 Å². The van der Waals surface area contributed by atoms with E-state index in [-0.39, 0.29) is 6.03 Å². The molecule has 1 aliphatic rings. The zero-order valence-electron chi connectivity index (χ0n) is 14.5. The van der Waals surface area contributed by atoms with Gasteiger partial charge in [-0.1, -0.05) is 12.1 Å². The molecule has 3 aromatic rings. The highest BCUT2D eigenvalue weighted by Crippen LogP contribution is 2.10. The minimum atomic E-state index is -0.0135. The molecule has 4 rings (SSSR count). The van der Waals surface area contributed by atoms with Gasteiger partial charge >= 0.3 is 6.03 Å². The van der Waals surface area contributed by atoms with Crippen LogP contribution in [0.3, 0.4) is 0 Å². The van der Waals surface area contributed by atoms with Crippen molar-refractivity contribution in [1.29, 1.82) is 0 Å². The van der Waals surface area contributed by atoms with Crippen molar-refractivity contribution >= 4 is 17.1 Å². The lowest BCUT2D eigenvalue weighted by molar-refractivity contribution is 0.133. The van der Waals surface area contributed by atoms with E-state index in [0.29, 0.717) is 26.1 Å². The molecule has 2 amide bonds. The lowest BCUT2D eigenvalue weighted by atomic mass is 10.3. The van der Waals surface area contributed by atoms with Gasteiger partial charge in [0, 0.05) is 39.1 Å². The standard InChI is InChI=1S/C17H22N8O/c26-17(18-6-5-15-21-13-3-1-2-4-14(13)22-15)25-9-7-24(8-10-25)11-16-19-12-20-23-16/h1-4,12H,5-11H2,(H,18,26)(H,21,22)(H,19,20,23). The third kappa shape index (κ3) is 3.83. The summed E-state index contributed by atoms with van der Waals surface area (Å²) in [7, 11) is 0. The summed E-state index contributed by atoms with van der Waals surface area (Å²) in [6.45, 7) is 4.39. The predicted molar refractivity (Wildman–Crippen MR) is 96.4 cm³/mol. The van der Waals surface area contributed by atoms with Gasteiger partial charge < -0.3 is 15.2 Å². The van der Waals surface area contributed by atoms with E-state index in [4.69, 9.17) is 0 Å². The summed E-state index contributed by atoms with van der Waals surface area (Å²) in [6.07, 6.45) is 2.20. The van der Waals surface area contributed by atoms with E-state index in [9.17, 15) is 4.79 Å². The molecule has 1 aliphatic heterocycles. The maximum atomic E-state index is 12.3. The van der Waals surface area contributed by atoms with Crippen molar-refractivity contribution in [2.24, 2.45) is 0 Å². The van der Waals surface area contributed by atoms with Gasteiger partial charge in [-0.25, -0.2) is 14.8 Å². The Hall–Kier alpha value is -2.94. The SMILES string of the molecule is O=C(NCCc1nc2ccccc2[nH]1)N1CCN(Cc2ncn[nH]2)CC1. The molecule has 0 unspecified atom stereocenters. The Balaban J connectivity index is 1.20. The van der Waals surface area contributed by atoms with Crippen molar-refractivity contribution in [2.75, 3.05) is 32.7 Å². The number of benzene rings is 1. The van der Waals surface area contributed by atoms with Crippen LogP contribution in [0, 0.1) is 0 Å². The quantitative estimate of drug-likeness (QED) is 0.627. The van der Waals surface area contributed by atoms with Crippen molar-refractivity contribution in [3.05, 3.63) is 42.2 Å². The number of hydrogen-bond donors (Lipinski definition) is 3. The highest BCUT2D eigenvalue weighted by atomic mass is 16.2. The van der Waals surface area contributed by atoms with Crippen LogP contribution in [0.15, 0.2) is 30.6 Å². The van der Waals surface area contributed by atoms with Crippen LogP contribution in [0.1, 0.15) is 11.6 Å². The van der Waals surface area contributed by atoms with Gasteiger partial charge in [0.05, 0.1) is 17.6 Å². The molecule has 9 nitrogen and oxygen atoms in total. The molecule has 0 saturated carbocycles. The Bertz CT molecular complexity index is 818. The number of carbonyl (C=O) groups is 1. The number of urea groups is 1. The second kappa shape index (κ2) is 7.52. The first kappa shape index (κ1) is 16.5. The van der Waals surface area contributed by atoms with Gasteiger partial charge in [-0.3, -0.25) is 10.00 Å². The Labute approximate surface area is 150 Å². The van der Waals surface area contributed by atoms with Crippen LogP contribution in [-0.2, 0) is 13.0 Å². The predicted octanol–water partition coefficient (Wildman–Crippen LogP) is 0.751. The minimum Gasteiger partial charge on any atom is -0.342 e. The molecule has 0 spiro atoms. The number of hydrogen-bond acceptors (Lipinski definition) is 5. The summed E-state index contributed by atoms with van der Waals surface area (Å²) >= 11 is 0. The number of fused-ring (bicyclic) bond motifs is 1. The molecule has 1 saturated heterocycles. The Morgan fingerprint density at radius 1 is 1.15 bits per heavy atom. The fourth-order valence-electron chi connectivity index (χ4n) is 3.15. The number of carbonyl (C=O) groups excluding carboxylic acids is 1. The Morgan fingerprint density at radius 2 is 2.00 bits per heavy atom. The summed E-state index contributed by atoms with van der Waals surface area (Å²) in [6, 6.07) is 7.92. The monoisotopic (exact) mass is 354 g/mol. The fourth-order valence-corrected chi connectivity index (χ4v) is 3.15. The second-order valence-electron chi connectivity index (χ2n) is 6.38. The lowest BCUT2D eigenvalue weighted by Gasteiger charge is -2.34. The summed E-state index contributed by atoms with van der Waals surface area (Å²) in [5.41, 5.74) is 1.98. The molecule has 1 aromatic carbocycles. The number of H-pyrrole nitrogens is 2. The van der Waals surface area contributed by atoms with Gasteiger partial charge in [0.25, 0.3) is 0 Å². The molecule has 0 atom stereocenters. The average molecular weight is 354 g/mol. The first-order valence-corrected chi connectivity index (χ1v) is 8.81. The van der Waals surface area contributed by atoms with E-state index in [1.807, 2.05) is 29.2 Å². The number of rotatable bonds is 5. The van der Waals surface area contributed by atoms with E-state index in [2.05, 4.69) is 35.4 Å². The zero-order chi connectivity index (χ0) is 17.8. The molecule has 26 heavy (non-hydrogen) atoms. The van der Waals surface area contributed by atoms with Crippen molar-refractivity contribution < 1.29 is 4.79 Å². The van der Waals surface area contributed by atoms with Gasteiger partial charge in [0.15, 0.2) is 0 Å². The number of para-hydroxylation sites is 2. The van der Waals surface area contributed by atoms with E-state index in [0.717, 1.165) is 42.3 Å². The molecule has 3 N–H and O–H groups in total. The van der Waals surface area contributed by atoms with Crippen molar-refractivity contribution in [1.82, 2.24) is 40.3 Å². The number of amides is 2.